The number of aromatic amines is 1. The number of hydrogen-bond acceptors (Lipinski definition) is 5. The van der Waals surface area contributed by atoms with Crippen LogP contribution in [0.1, 0.15) is 42.1 Å². The molecule has 8 nitrogen and oxygen atoms in total. The number of nitrogens with one attached hydrogen (secondary N) is 1. The molecule has 0 amide bonds. The molecule has 0 radical (unpaired) electrons. The van der Waals surface area contributed by atoms with Crippen molar-refractivity contribution >= 4 is 28.5 Å². The van der Waals surface area contributed by atoms with Gasteiger partial charge in [0.15, 0.2) is 11.4 Å². The van der Waals surface area contributed by atoms with E-state index in [9.17, 15) is 14.7 Å². The van der Waals surface area contributed by atoms with Gasteiger partial charge in [-0.1, -0.05) is 36.4 Å². The number of fused-ring (bicyclic) bond motifs is 1. The summed E-state index contributed by atoms with van der Waals surface area (Å²) in [5.74, 6) is -0.888. The topological polar surface area (TPSA) is 120 Å². The second kappa shape index (κ2) is 8.66. The number of allylic oxidation sites excluding steroid dienone is 2. The molecule has 0 saturated carbocycles. The normalized spacial score (nSPS) is 13.2. The standard InChI is InChI=1S/C24H24N4O4/c1-14-17-8-4-3-7-16(17)13-19(14)18-9-5-10-20(23(18)31)25-26-22-15(2)27-28(24(22)32)12-6-11-21(29)30/h3-5,7-10,27,31H,6,11-13H2,1-2H3,(H,29,30). The molecule has 1 aliphatic rings. The Labute approximate surface area is 184 Å². The van der Waals surface area contributed by atoms with Crippen LogP contribution in [0, 0.1) is 6.92 Å². The maximum atomic E-state index is 12.6. The van der Waals surface area contributed by atoms with E-state index >= 15 is 0 Å². The Morgan fingerprint density at radius 2 is 1.84 bits per heavy atom. The third-order valence-electron chi connectivity index (χ3n) is 5.72. The van der Waals surface area contributed by atoms with E-state index in [1.807, 2.05) is 25.1 Å². The summed E-state index contributed by atoms with van der Waals surface area (Å²) in [6.45, 7) is 3.99. The number of azo groups is 1. The number of nitrogens with zero attached hydrogens (tertiary/aromatic N) is 3. The summed E-state index contributed by atoms with van der Waals surface area (Å²) in [6.07, 6.45) is 1.03. The van der Waals surface area contributed by atoms with Gasteiger partial charge in [0.05, 0.1) is 5.69 Å². The molecule has 3 N–H and O–H groups in total. The van der Waals surface area contributed by atoms with Gasteiger partial charge in [-0.15, -0.1) is 10.2 Å². The lowest BCUT2D eigenvalue weighted by atomic mass is 9.99. The molecule has 8 heteroatoms. The van der Waals surface area contributed by atoms with Crippen LogP contribution in [0.4, 0.5) is 11.4 Å². The number of rotatable bonds is 7. The fourth-order valence-electron chi connectivity index (χ4n) is 4.04. The Balaban J connectivity index is 1.61. The highest BCUT2D eigenvalue weighted by molar-refractivity contribution is 5.98. The van der Waals surface area contributed by atoms with Gasteiger partial charge in [0, 0.05) is 18.5 Å². The molecule has 4 rings (SSSR count). The lowest BCUT2D eigenvalue weighted by molar-refractivity contribution is -0.137. The maximum Gasteiger partial charge on any atom is 0.303 e. The number of phenolic OH excluding ortho intramolecular Hbond substituents is 1. The van der Waals surface area contributed by atoms with Crippen LogP contribution in [0.3, 0.4) is 0 Å². The molecular formula is C24H24N4O4. The quantitative estimate of drug-likeness (QED) is 0.457. The molecule has 0 aliphatic heterocycles. The number of aromatic nitrogens is 2. The third-order valence-corrected chi connectivity index (χ3v) is 5.72. The number of carboxylic acids is 1. The number of carbonyl (C=O) groups is 1. The van der Waals surface area contributed by atoms with Gasteiger partial charge >= 0.3 is 5.97 Å². The molecule has 0 fully saturated rings. The van der Waals surface area contributed by atoms with Crippen molar-refractivity contribution in [2.24, 2.45) is 10.2 Å². The zero-order chi connectivity index (χ0) is 22.8. The van der Waals surface area contributed by atoms with Gasteiger partial charge in [-0.25, -0.2) is 0 Å². The monoisotopic (exact) mass is 432 g/mol. The first-order valence-corrected chi connectivity index (χ1v) is 10.4. The van der Waals surface area contributed by atoms with E-state index in [1.165, 1.54) is 15.8 Å². The molecule has 32 heavy (non-hydrogen) atoms. The number of H-pyrrole nitrogens is 1. The van der Waals surface area contributed by atoms with Crippen LogP contribution in [0.5, 0.6) is 5.75 Å². The fraction of sp³-hybridized carbons (Fsp3) is 0.250. The number of aromatic hydroxyl groups is 1. The third kappa shape index (κ3) is 3.99. The van der Waals surface area contributed by atoms with Crippen molar-refractivity contribution in [3.8, 4) is 5.75 Å². The van der Waals surface area contributed by atoms with E-state index in [2.05, 4.69) is 27.5 Å². The Hall–Kier alpha value is -3.94. The Bertz CT molecular complexity index is 1310. The van der Waals surface area contributed by atoms with Crippen molar-refractivity contribution in [3.63, 3.8) is 0 Å². The highest BCUT2D eigenvalue weighted by Crippen LogP contribution is 2.43. The van der Waals surface area contributed by atoms with Crippen molar-refractivity contribution in [1.29, 1.82) is 0 Å². The van der Waals surface area contributed by atoms with Crippen molar-refractivity contribution < 1.29 is 15.0 Å². The zero-order valence-electron chi connectivity index (χ0n) is 17.9. The zero-order valence-corrected chi connectivity index (χ0v) is 17.9. The van der Waals surface area contributed by atoms with Gasteiger partial charge in [0.25, 0.3) is 5.56 Å². The second-order valence-corrected chi connectivity index (χ2v) is 7.85. The number of benzene rings is 2. The molecule has 0 unspecified atom stereocenters. The number of phenols is 1. The van der Waals surface area contributed by atoms with Crippen LogP contribution >= 0.6 is 0 Å². The van der Waals surface area contributed by atoms with Crippen molar-refractivity contribution in [1.82, 2.24) is 9.78 Å². The van der Waals surface area contributed by atoms with Gasteiger partial charge in [-0.3, -0.25) is 19.4 Å². The summed E-state index contributed by atoms with van der Waals surface area (Å²) in [5, 5.41) is 30.8. The lowest BCUT2D eigenvalue weighted by Crippen LogP contribution is -2.17. The van der Waals surface area contributed by atoms with Crippen molar-refractivity contribution in [3.05, 3.63) is 75.2 Å². The van der Waals surface area contributed by atoms with Gasteiger partial charge in [-0.05, 0) is 55.0 Å². The summed E-state index contributed by atoms with van der Waals surface area (Å²) < 4.78 is 1.33. The van der Waals surface area contributed by atoms with Crippen LogP contribution in [0.2, 0.25) is 0 Å². The second-order valence-electron chi connectivity index (χ2n) is 7.85. The van der Waals surface area contributed by atoms with Crippen molar-refractivity contribution in [2.45, 2.75) is 39.7 Å². The SMILES string of the molecule is CC1=C(c2cccc(N=Nc3c(C)[nH]n(CCCC(=O)O)c3=O)c2O)Cc2ccccc21. The van der Waals surface area contributed by atoms with Crippen LogP contribution in [-0.2, 0) is 17.8 Å². The maximum absolute atomic E-state index is 12.6. The lowest BCUT2D eigenvalue weighted by Gasteiger charge is -2.09. The largest absolute Gasteiger partial charge is 0.505 e. The summed E-state index contributed by atoms with van der Waals surface area (Å²) in [4.78, 5) is 23.3. The molecule has 1 heterocycles. The Morgan fingerprint density at radius 1 is 1.09 bits per heavy atom. The fourth-order valence-corrected chi connectivity index (χ4v) is 4.04. The highest BCUT2D eigenvalue weighted by atomic mass is 16.4. The van der Waals surface area contributed by atoms with Gasteiger partial charge in [0.2, 0.25) is 0 Å². The molecule has 0 bridgehead atoms. The van der Waals surface area contributed by atoms with Crippen LogP contribution in [0.15, 0.2) is 57.5 Å². The summed E-state index contributed by atoms with van der Waals surface area (Å²) >= 11 is 0. The molecule has 164 valence electrons. The first kappa shape index (κ1) is 21.3. The Morgan fingerprint density at radius 3 is 2.59 bits per heavy atom. The summed E-state index contributed by atoms with van der Waals surface area (Å²) in [6, 6.07) is 13.5. The van der Waals surface area contributed by atoms with Crippen LogP contribution in [0.25, 0.3) is 11.1 Å². The van der Waals surface area contributed by atoms with E-state index < -0.39 is 5.97 Å². The predicted octanol–water partition coefficient (Wildman–Crippen LogP) is 4.96. The van der Waals surface area contributed by atoms with Gasteiger partial charge < -0.3 is 10.2 Å². The van der Waals surface area contributed by atoms with E-state index in [-0.39, 0.29) is 35.6 Å². The van der Waals surface area contributed by atoms with E-state index in [4.69, 9.17) is 5.11 Å². The van der Waals surface area contributed by atoms with Crippen molar-refractivity contribution in [2.75, 3.05) is 0 Å². The van der Waals surface area contributed by atoms with E-state index in [0.717, 1.165) is 17.6 Å². The first-order chi connectivity index (χ1) is 15.4. The number of para-hydroxylation sites is 1. The molecule has 0 saturated heterocycles. The predicted molar refractivity (Wildman–Crippen MR) is 122 cm³/mol. The smallest absolute Gasteiger partial charge is 0.303 e. The highest BCUT2D eigenvalue weighted by Gasteiger charge is 2.22. The molecule has 2 aromatic carbocycles. The average molecular weight is 432 g/mol. The number of hydrogen-bond donors (Lipinski definition) is 3. The molecule has 1 aliphatic carbocycles. The van der Waals surface area contributed by atoms with Crippen LogP contribution in [-0.4, -0.2) is 26.0 Å². The minimum Gasteiger partial charge on any atom is -0.505 e. The van der Waals surface area contributed by atoms with Gasteiger partial charge in [-0.2, -0.15) is 0 Å². The number of aliphatic carboxylic acids is 1. The minimum absolute atomic E-state index is 0.0216. The average Bonchev–Trinajstić information content (AvgIpc) is 3.23. The molecule has 1 aromatic heterocycles. The Kier molecular flexibility index (Phi) is 5.77. The minimum atomic E-state index is -0.910. The molecule has 0 spiro atoms. The van der Waals surface area contributed by atoms with Gasteiger partial charge in [0.1, 0.15) is 5.69 Å². The number of aryl methyl sites for hydroxylation is 2. The van der Waals surface area contributed by atoms with E-state index in [0.29, 0.717) is 17.7 Å². The molecule has 0 atom stereocenters. The summed E-state index contributed by atoms with van der Waals surface area (Å²) in [5.41, 5.74) is 5.82. The molecular weight excluding hydrogens is 408 g/mol. The molecule has 3 aromatic rings. The number of carboxylic acid groups (broad SMARTS) is 1. The first-order valence-electron chi connectivity index (χ1n) is 10.4. The summed E-state index contributed by atoms with van der Waals surface area (Å²) in [7, 11) is 0. The van der Waals surface area contributed by atoms with Crippen LogP contribution < -0.4 is 5.56 Å². The van der Waals surface area contributed by atoms with E-state index in [1.54, 1.807) is 19.1 Å².